The van der Waals surface area contributed by atoms with Crippen LogP contribution in [0, 0.1) is 0 Å². The molecule has 2 aromatic heterocycles. The first-order valence-corrected chi connectivity index (χ1v) is 14.3. The van der Waals surface area contributed by atoms with Crippen molar-refractivity contribution in [2.75, 3.05) is 19.9 Å². The number of rotatable bonds is 9. The molecule has 5 aromatic rings. The summed E-state index contributed by atoms with van der Waals surface area (Å²) in [5.41, 5.74) is 3.76. The Bertz CT molecular complexity index is 1810. The molecule has 4 heterocycles. The highest BCUT2D eigenvalue weighted by molar-refractivity contribution is 5.90. The van der Waals surface area contributed by atoms with Crippen molar-refractivity contribution >= 4 is 33.9 Å². The summed E-state index contributed by atoms with van der Waals surface area (Å²) in [5.74, 6) is 1.01. The van der Waals surface area contributed by atoms with Crippen molar-refractivity contribution in [3.8, 4) is 11.5 Å². The zero-order chi connectivity index (χ0) is 29.3. The van der Waals surface area contributed by atoms with Crippen LogP contribution in [-0.4, -0.2) is 67.3 Å². The molecule has 2 atom stereocenters. The molecule has 12 nitrogen and oxygen atoms in total. The SMILES string of the molecule is Cn1c([C@H](C(=O)NC[C@H]2CCCO2)N(Cc2ccc3c(c2)OCO3)C(=O)Cn2nnc3ccccc32)nc2ccccc21. The predicted molar refractivity (Wildman–Crippen MR) is 156 cm³/mol. The van der Waals surface area contributed by atoms with E-state index in [1.807, 2.05) is 78.3 Å². The number of amides is 2. The van der Waals surface area contributed by atoms with Crippen LogP contribution >= 0.6 is 0 Å². The third-order valence-electron chi connectivity index (χ3n) is 7.97. The number of para-hydroxylation sites is 3. The van der Waals surface area contributed by atoms with E-state index in [4.69, 9.17) is 19.2 Å². The first-order valence-electron chi connectivity index (χ1n) is 14.3. The highest BCUT2D eigenvalue weighted by Gasteiger charge is 2.36. The molecule has 0 unspecified atom stereocenters. The molecule has 220 valence electrons. The molecule has 1 saturated heterocycles. The maximum Gasteiger partial charge on any atom is 0.250 e. The zero-order valence-corrected chi connectivity index (χ0v) is 23.7. The van der Waals surface area contributed by atoms with Gasteiger partial charge in [0, 0.05) is 26.7 Å². The lowest BCUT2D eigenvalue weighted by Crippen LogP contribution is -2.47. The van der Waals surface area contributed by atoms with Crippen molar-refractivity contribution in [2.45, 2.75) is 38.1 Å². The average Bonchev–Trinajstić information content (AvgIpc) is 3.84. The van der Waals surface area contributed by atoms with Crippen LogP contribution in [0.4, 0.5) is 0 Å². The fourth-order valence-electron chi connectivity index (χ4n) is 5.74. The van der Waals surface area contributed by atoms with Gasteiger partial charge in [0.25, 0.3) is 5.91 Å². The Morgan fingerprint density at radius 1 is 1.02 bits per heavy atom. The number of benzene rings is 3. The maximum atomic E-state index is 14.3. The fraction of sp³-hybridized carbons (Fsp3) is 0.323. The molecule has 0 aliphatic carbocycles. The van der Waals surface area contributed by atoms with Gasteiger partial charge in [0.1, 0.15) is 17.9 Å². The summed E-state index contributed by atoms with van der Waals surface area (Å²) in [4.78, 5) is 34.9. The number of imidazole rings is 1. The fourth-order valence-corrected chi connectivity index (χ4v) is 5.74. The number of aromatic nitrogens is 5. The maximum absolute atomic E-state index is 14.3. The molecule has 12 heteroatoms. The van der Waals surface area contributed by atoms with E-state index in [0.29, 0.717) is 36.0 Å². The first-order chi connectivity index (χ1) is 21.0. The molecule has 1 fully saturated rings. The van der Waals surface area contributed by atoms with E-state index in [-0.39, 0.29) is 37.8 Å². The Labute approximate surface area is 247 Å². The molecule has 1 N–H and O–H groups in total. The summed E-state index contributed by atoms with van der Waals surface area (Å²) in [5, 5.41) is 11.5. The van der Waals surface area contributed by atoms with E-state index >= 15 is 0 Å². The van der Waals surface area contributed by atoms with Crippen LogP contribution in [0.15, 0.2) is 66.7 Å². The van der Waals surface area contributed by atoms with E-state index in [2.05, 4.69) is 15.6 Å². The van der Waals surface area contributed by atoms with Crippen LogP contribution in [0.2, 0.25) is 0 Å². The zero-order valence-electron chi connectivity index (χ0n) is 23.7. The lowest BCUT2D eigenvalue weighted by Gasteiger charge is -2.31. The highest BCUT2D eigenvalue weighted by Crippen LogP contribution is 2.34. The van der Waals surface area contributed by atoms with Crippen molar-refractivity contribution in [1.29, 1.82) is 0 Å². The lowest BCUT2D eigenvalue weighted by molar-refractivity contribution is -0.142. The van der Waals surface area contributed by atoms with E-state index in [0.717, 1.165) is 35.0 Å². The number of fused-ring (bicyclic) bond motifs is 3. The largest absolute Gasteiger partial charge is 0.454 e. The molecule has 0 saturated carbocycles. The van der Waals surface area contributed by atoms with Crippen molar-refractivity contribution < 1.29 is 23.8 Å². The van der Waals surface area contributed by atoms with Gasteiger partial charge in [-0.3, -0.25) is 9.59 Å². The molecule has 0 radical (unpaired) electrons. The van der Waals surface area contributed by atoms with Gasteiger partial charge in [-0.15, -0.1) is 5.10 Å². The van der Waals surface area contributed by atoms with Crippen molar-refractivity contribution in [2.24, 2.45) is 7.05 Å². The monoisotopic (exact) mass is 581 g/mol. The Hall–Kier alpha value is -4.97. The highest BCUT2D eigenvalue weighted by atomic mass is 16.7. The molecule has 0 bridgehead atoms. The Morgan fingerprint density at radius 2 is 1.81 bits per heavy atom. The summed E-state index contributed by atoms with van der Waals surface area (Å²) in [7, 11) is 1.86. The number of hydrogen-bond donors (Lipinski definition) is 1. The lowest BCUT2D eigenvalue weighted by atomic mass is 10.1. The quantitative estimate of drug-likeness (QED) is 0.282. The third-order valence-corrected chi connectivity index (χ3v) is 7.97. The van der Waals surface area contributed by atoms with Crippen LogP contribution in [-0.2, 0) is 34.5 Å². The summed E-state index contributed by atoms with van der Waals surface area (Å²) < 4.78 is 20.3. The number of nitrogens with zero attached hydrogens (tertiary/aromatic N) is 6. The second kappa shape index (κ2) is 11.4. The molecule has 2 amide bonds. The van der Waals surface area contributed by atoms with Crippen molar-refractivity contribution in [3.63, 3.8) is 0 Å². The summed E-state index contributed by atoms with van der Waals surface area (Å²) >= 11 is 0. The van der Waals surface area contributed by atoms with Gasteiger partial charge in [-0.2, -0.15) is 0 Å². The van der Waals surface area contributed by atoms with Gasteiger partial charge >= 0.3 is 0 Å². The first kappa shape index (κ1) is 26.9. The number of ether oxygens (including phenoxy) is 3. The molecule has 0 spiro atoms. The number of aryl methyl sites for hydroxylation is 1. The normalized spacial score (nSPS) is 16.5. The van der Waals surface area contributed by atoms with Gasteiger partial charge in [-0.25, -0.2) is 9.67 Å². The summed E-state index contributed by atoms with van der Waals surface area (Å²) in [6.07, 6.45) is 1.76. The number of carbonyl (C=O) groups is 2. The Balaban J connectivity index is 1.29. The van der Waals surface area contributed by atoms with Crippen LogP contribution in [0.1, 0.15) is 30.3 Å². The summed E-state index contributed by atoms with van der Waals surface area (Å²) in [6, 6.07) is 19.6. The number of carbonyl (C=O) groups excluding carboxylic acids is 2. The van der Waals surface area contributed by atoms with E-state index in [1.165, 1.54) is 0 Å². The van der Waals surface area contributed by atoms with Gasteiger partial charge in [-0.05, 0) is 54.8 Å². The molecule has 2 aliphatic rings. The van der Waals surface area contributed by atoms with E-state index in [9.17, 15) is 9.59 Å². The average molecular weight is 582 g/mol. The minimum atomic E-state index is -1.05. The molecular formula is C31H31N7O5. The van der Waals surface area contributed by atoms with Crippen molar-refractivity contribution in [1.82, 2.24) is 34.8 Å². The predicted octanol–water partition coefficient (Wildman–Crippen LogP) is 3.11. The second-order valence-corrected chi connectivity index (χ2v) is 10.7. The molecular weight excluding hydrogens is 550 g/mol. The minimum absolute atomic E-state index is 0.0652. The third kappa shape index (κ3) is 5.25. The van der Waals surface area contributed by atoms with Gasteiger partial charge in [0.2, 0.25) is 12.7 Å². The van der Waals surface area contributed by atoms with Crippen LogP contribution in [0.5, 0.6) is 11.5 Å². The number of nitrogens with one attached hydrogen (secondary N) is 1. The van der Waals surface area contributed by atoms with Gasteiger partial charge < -0.3 is 29.0 Å². The smallest absolute Gasteiger partial charge is 0.250 e. The van der Waals surface area contributed by atoms with Crippen LogP contribution in [0.3, 0.4) is 0 Å². The van der Waals surface area contributed by atoms with E-state index in [1.54, 1.807) is 9.58 Å². The van der Waals surface area contributed by atoms with Crippen molar-refractivity contribution in [3.05, 3.63) is 78.1 Å². The topological polar surface area (TPSA) is 126 Å². The van der Waals surface area contributed by atoms with Gasteiger partial charge in [-0.1, -0.05) is 35.5 Å². The van der Waals surface area contributed by atoms with Crippen LogP contribution in [0.25, 0.3) is 22.1 Å². The molecule has 7 rings (SSSR count). The standard InChI is InChI=1S/C31H31N7O5/c1-36-24-10-4-2-8-22(24)33-30(36)29(31(40)32-16-21-7-6-14-41-21)37(17-20-12-13-26-27(15-20)43-19-42-26)28(39)18-38-25-11-5-3-9-23(25)34-35-38/h2-5,8-13,15,21,29H,6-7,14,16-19H2,1H3,(H,32,40)/t21-,29-/m1/s1. The molecule has 2 aliphatic heterocycles. The molecule has 3 aromatic carbocycles. The molecule has 43 heavy (non-hydrogen) atoms. The van der Waals surface area contributed by atoms with Gasteiger partial charge in [0.15, 0.2) is 17.5 Å². The second-order valence-electron chi connectivity index (χ2n) is 10.7. The van der Waals surface area contributed by atoms with Crippen LogP contribution < -0.4 is 14.8 Å². The van der Waals surface area contributed by atoms with E-state index < -0.39 is 6.04 Å². The number of hydrogen-bond acceptors (Lipinski definition) is 8. The summed E-state index contributed by atoms with van der Waals surface area (Å²) in [6.45, 7) is 1.15. The minimum Gasteiger partial charge on any atom is -0.454 e. The Kier molecular flexibility index (Phi) is 7.11. The Morgan fingerprint density at radius 3 is 2.63 bits per heavy atom. The van der Waals surface area contributed by atoms with Gasteiger partial charge in [0.05, 0.1) is 22.7 Å².